The van der Waals surface area contributed by atoms with Gasteiger partial charge in [-0.05, 0) is 31.7 Å². The Balaban J connectivity index is 2.20. The second-order valence-corrected chi connectivity index (χ2v) is 7.13. The maximum atomic E-state index is 5.60. The number of nitrogens with two attached hydrogens (primary N) is 1. The van der Waals surface area contributed by atoms with E-state index in [0.717, 1.165) is 12.5 Å². The number of hydrogen-bond acceptors (Lipinski definition) is 1. The minimum Gasteiger partial charge on any atom is -0.330 e. The van der Waals surface area contributed by atoms with E-state index in [-0.39, 0.29) is 0 Å². The van der Waals surface area contributed by atoms with E-state index in [9.17, 15) is 0 Å². The van der Waals surface area contributed by atoms with Crippen LogP contribution in [0.5, 0.6) is 0 Å². The molecule has 1 aliphatic rings. The molecule has 0 aromatic heterocycles. The molecule has 0 amide bonds. The zero-order chi connectivity index (χ0) is 15.0. The summed E-state index contributed by atoms with van der Waals surface area (Å²) in [5.41, 5.74) is 5.60. The molecule has 0 saturated heterocycles. The third-order valence-corrected chi connectivity index (χ3v) is 5.12. The summed E-state index contributed by atoms with van der Waals surface area (Å²) >= 11 is 0. The Morgan fingerprint density at radius 1 is 0.667 bits per heavy atom. The molecule has 1 unspecified atom stereocenters. The lowest BCUT2D eigenvalue weighted by atomic mass is 9.90. The van der Waals surface area contributed by atoms with E-state index in [1.54, 1.807) is 0 Å². The third-order valence-electron chi connectivity index (χ3n) is 5.12. The minimum absolute atomic E-state index is 0.873. The Bertz CT molecular complexity index is 186. The fourth-order valence-electron chi connectivity index (χ4n) is 3.64. The van der Waals surface area contributed by atoms with Crippen molar-refractivity contribution in [2.24, 2.45) is 11.7 Å². The molecule has 1 fully saturated rings. The van der Waals surface area contributed by atoms with Crippen LogP contribution in [0.4, 0.5) is 0 Å². The molecule has 1 saturated carbocycles. The second kappa shape index (κ2) is 14.9. The van der Waals surface area contributed by atoms with Crippen LogP contribution in [0.1, 0.15) is 109 Å². The van der Waals surface area contributed by atoms with E-state index in [1.807, 2.05) is 0 Å². The van der Waals surface area contributed by atoms with Gasteiger partial charge in [0.05, 0.1) is 0 Å². The van der Waals surface area contributed by atoms with E-state index < -0.39 is 0 Å². The van der Waals surface area contributed by atoms with E-state index in [4.69, 9.17) is 5.73 Å². The summed E-state index contributed by atoms with van der Waals surface area (Å²) in [7, 11) is 0. The Kier molecular flexibility index (Phi) is 13.5. The molecule has 0 spiro atoms. The van der Waals surface area contributed by atoms with E-state index in [0.29, 0.717) is 0 Å². The van der Waals surface area contributed by atoms with Crippen LogP contribution in [0.15, 0.2) is 0 Å². The first-order valence-corrected chi connectivity index (χ1v) is 9.95. The Labute approximate surface area is 134 Å². The van der Waals surface area contributed by atoms with Gasteiger partial charge in [0.25, 0.3) is 0 Å². The average molecular weight is 295 g/mol. The molecular weight excluding hydrogens is 254 g/mol. The van der Waals surface area contributed by atoms with Crippen LogP contribution in [0, 0.1) is 12.3 Å². The van der Waals surface area contributed by atoms with Crippen LogP contribution in [-0.2, 0) is 0 Å². The van der Waals surface area contributed by atoms with Gasteiger partial charge in [0, 0.05) is 0 Å². The predicted molar refractivity (Wildman–Crippen MR) is 95.3 cm³/mol. The molecule has 1 nitrogen and oxygen atoms in total. The van der Waals surface area contributed by atoms with Crippen LogP contribution < -0.4 is 5.73 Å². The van der Waals surface area contributed by atoms with Crippen molar-refractivity contribution in [1.82, 2.24) is 0 Å². The topological polar surface area (TPSA) is 26.0 Å². The van der Waals surface area contributed by atoms with Gasteiger partial charge in [-0.1, -0.05) is 96.3 Å². The number of unbranched alkanes of at least 4 members (excludes halogenated alkanes) is 2. The quantitative estimate of drug-likeness (QED) is 0.582. The highest BCUT2D eigenvalue weighted by atomic mass is 14.5. The number of hydrogen-bond donors (Lipinski definition) is 1. The lowest BCUT2D eigenvalue weighted by Gasteiger charge is -2.16. The molecule has 1 heteroatoms. The van der Waals surface area contributed by atoms with Gasteiger partial charge >= 0.3 is 0 Å². The maximum absolute atomic E-state index is 5.60. The molecule has 1 radical (unpaired) electrons. The summed E-state index contributed by atoms with van der Waals surface area (Å²) in [5.74, 6) is 0.990. The first-order chi connectivity index (χ1) is 10.4. The molecule has 21 heavy (non-hydrogen) atoms. The van der Waals surface area contributed by atoms with Gasteiger partial charge in [0.1, 0.15) is 0 Å². The lowest BCUT2D eigenvalue weighted by Crippen LogP contribution is -2.03. The van der Waals surface area contributed by atoms with Gasteiger partial charge in [-0.3, -0.25) is 0 Å². The summed E-state index contributed by atoms with van der Waals surface area (Å²) in [6, 6.07) is 0. The molecule has 0 aromatic carbocycles. The molecule has 0 aromatic rings. The van der Waals surface area contributed by atoms with Gasteiger partial charge in [-0.2, -0.15) is 0 Å². The molecule has 1 aliphatic carbocycles. The van der Waals surface area contributed by atoms with Crippen molar-refractivity contribution in [3.05, 3.63) is 6.42 Å². The SMILES string of the molecule is NCCCCCC1CC[CH]CCCCCCCCCCC1. The average Bonchev–Trinajstić information content (AvgIpc) is 2.51. The summed E-state index contributed by atoms with van der Waals surface area (Å²) in [6.07, 6.45) is 26.9. The summed E-state index contributed by atoms with van der Waals surface area (Å²) in [5, 5.41) is 0. The van der Waals surface area contributed by atoms with E-state index in [2.05, 4.69) is 6.42 Å². The summed E-state index contributed by atoms with van der Waals surface area (Å²) < 4.78 is 0. The fourth-order valence-corrected chi connectivity index (χ4v) is 3.64. The van der Waals surface area contributed by atoms with Gasteiger partial charge in [-0.15, -0.1) is 0 Å². The van der Waals surface area contributed by atoms with Gasteiger partial charge < -0.3 is 5.73 Å². The van der Waals surface area contributed by atoms with E-state index in [1.165, 1.54) is 109 Å². The molecule has 2 N–H and O–H groups in total. The van der Waals surface area contributed by atoms with Crippen LogP contribution in [0.25, 0.3) is 0 Å². The highest BCUT2D eigenvalue weighted by Crippen LogP contribution is 2.24. The van der Waals surface area contributed by atoms with Crippen LogP contribution in [0.3, 0.4) is 0 Å². The number of rotatable bonds is 5. The molecule has 0 heterocycles. The van der Waals surface area contributed by atoms with Crippen LogP contribution in [0.2, 0.25) is 0 Å². The minimum atomic E-state index is 0.873. The van der Waals surface area contributed by atoms with Crippen molar-refractivity contribution in [3.63, 3.8) is 0 Å². The monoisotopic (exact) mass is 294 g/mol. The van der Waals surface area contributed by atoms with Crippen LogP contribution >= 0.6 is 0 Å². The Hall–Kier alpha value is -0.0400. The highest BCUT2D eigenvalue weighted by Gasteiger charge is 2.09. The van der Waals surface area contributed by atoms with Gasteiger partial charge in [-0.25, -0.2) is 0 Å². The standard InChI is InChI=1S/C20H40N/c21-19-15-11-14-18-20-16-12-9-7-5-3-1-2-4-6-8-10-13-17-20/h9,20H,1-8,10-19,21H2. The molecule has 1 rings (SSSR count). The third kappa shape index (κ3) is 12.2. The predicted octanol–water partition coefficient (Wildman–Crippen LogP) is 6.41. The van der Waals surface area contributed by atoms with E-state index >= 15 is 0 Å². The summed E-state index contributed by atoms with van der Waals surface area (Å²) in [4.78, 5) is 0. The molecule has 0 aliphatic heterocycles. The second-order valence-electron chi connectivity index (χ2n) is 7.13. The fraction of sp³-hybridized carbons (Fsp3) is 0.950. The molecule has 125 valence electrons. The first kappa shape index (κ1) is 19.0. The van der Waals surface area contributed by atoms with Crippen molar-refractivity contribution in [2.75, 3.05) is 6.54 Å². The van der Waals surface area contributed by atoms with Crippen molar-refractivity contribution >= 4 is 0 Å². The largest absolute Gasteiger partial charge is 0.330 e. The maximum Gasteiger partial charge on any atom is -0.00773 e. The van der Waals surface area contributed by atoms with Crippen molar-refractivity contribution in [1.29, 1.82) is 0 Å². The molecular formula is C20H40N. The Morgan fingerprint density at radius 2 is 1.33 bits per heavy atom. The zero-order valence-electron chi connectivity index (χ0n) is 14.5. The summed E-state index contributed by atoms with van der Waals surface area (Å²) in [6.45, 7) is 0.873. The van der Waals surface area contributed by atoms with Gasteiger partial charge in [0.2, 0.25) is 0 Å². The van der Waals surface area contributed by atoms with Crippen molar-refractivity contribution < 1.29 is 0 Å². The lowest BCUT2D eigenvalue weighted by molar-refractivity contribution is 0.380. The Morgan fingerprint density at radius 3 is 2.05 bits per heavy atom. The smallest absolute Gasteiger partial charge is 0.00773 e. The molecule has 0 bridgehead atoms. The molecule has 1 atom stereocenters. The van der Waals surface area contributed by atoms with Crippen LogP contribution in [-0.4, -0.2) is 6.54 Å². The normalized spacial score (nSPS) is 21.6. The highest BCUT2D eigenvalue weighted by molar-refractivity contribution is 4.70. The first-order valence-electron chi connectivity index (χ1n) is 9.95. The van der Waals surface area contributed by atoms with Crippen molar-refractivity contribution in [2.45, 2.75) is 109 Å². The zero-order valence-corrected chi connectivity index (χ0v) is 14.5. The van der Waals surface area contributed by atoms with Gasteiger partial charge in [0.15, 0.2) is 0 Å². The van der Waals surface area contributed by atoms with Crippen molar-refractivity contribution in [3.8, 4) is 0 Å².